The van der Waals surface area contributed by atoms with Gasteiger partial charge in [-0.05, 0) is 39.5 Å². The van der Waals surface area contributed by atoms with Crippen molar-refractivity contribution in [3.8, 4) is 0 Å². The Kier molecular flexibility index (Phi) is 6.02. The molecule has 1 aromatic heterocycles. The number of rotatable bonds is 3. The number of anilines is 1. The molecule has 0 radical (unpaired) electrons. The lowest BCUT2D eigenvalue weighted by Gasteiger charge is -2.26. The van der Waals surface area contributed by atoms with Gasteiger partial charge in [-0.1, -0.05) is 13.8 Å². The maximum atomic E-state index is 12.2. The zero-order chi connectivity index (χ0) is 17.7. The second kappa shape index (κ2) is 7.81. The minimum Gasteiger partial charge on any atom is -0.444 e. The second-order valence-corrected chi connectivity index (χ2v) is 7.77. The Bertz CT molecular complexity index is 554. The third-order valence-corrected chi connectivity index (χ3v) is 3.80. The molecule has 0 N–H and O–H groups in total. The highest BCUT2D eigenvalue weighted by Gasteiger charge is 2.24. The molecule has 2 rings (SSSR count). The van der Waals surface area contributed by atoms with E-state index in [1.807, 2.05) is 20.8 Å². The lowest BCUT2D eigenvalue weighted by atomic mass is 10.1. The van der Waals surface area contributed by atoms with Crippen LogP contribution < -0.4 is 4.90 Å². The van der Waals surface area contributed by atoms with Crippen LogP contribution in [-0.4, -0.2) is 52.7 Å². The van der Waals surface area contributed by atoms with Gasteiger partial charge in [0.1, 0.15) is 17.7 Å². The Balaban J connectivity index is 1.99. The van der Waals surface area contributed by atoms with Gasteiger partial charge in [0.25, 0.3) is 0 Å². The van der Waals surface area contributed by atoms with Crippen LogP contribution in [0.1, 0.15) is 46.7 Å². The fourth-order valence-electron chi connectivity index (χ4n) is 2.74. The summed E-state index contributed by atoms with van der Waals surface area (Å²) in [5.74, 6) is 1.52. The summed E-state index contributed by atoms with van der Waals surface area (Å²) in [4.78, 5) is 25.1. The molecule has 0 bridgehead atoms. The molecule has 0 atom stereocenters. The fraction of sp³-hybridized carbons (Fsp3) is 0.722. The third kappa shape index (κ3) is 5.65. The third-order valence-electron chi connectivity index (χ3n) is 3.80. The number of aromatic nitrogens is 2. The lowest BCUT2D eigenvalue weighted by molar-refractivity contribution is 0.0263. The van der Waals surface area contributed by atoms with Gasteiger partial charge in [-0.25, -0.2) is 14.8 Å². The van der Waals surface area contributed by atoms with E-state index in [-0.39, 0.29) is 6.09 Å². The van der Waals surface area contributed by atoms with Crippen LogP contribution in [0.5, 0.6) is 0 Å². The first-order chi connectivity index (χ1) is 11.2. The molecule has 1 aromatic rings. The Morgan fingerprint density at radius 1 is 1.21 bits per heavy atom. The van der Waals surface area contributed by atoms with Crippen LogP contribution in [0.3, 0.4) is 0 Å². The lowest BCUT2D eigenvalue weighted by Crippen LogP contribution is -2.39. The van der Waals surface area contributed by atoms with E-state index in [9.17, 15) is 4.79 Å². The van der Waals surface area contributed by atoms with E-state index in [1.54, 1.807) is 11.2 Å². The largest absolute Gasteiger partial charge is 0.444 e. The van der Waals surface area contributed by atoms with Gasteiger partial charge in [0, 0.05) is 37.9 Å². The first-order valence-corrected chi connectivity index (χ1v) is 8.78. The normalized spacial score (nSPS) is 16.2. The van der Waals surface area contributed by atoms with Crippen LogP contribution in [0.2, 0.25) is 0 Å². The second-order valence-electron chi connectivity index (χ2n) is 7.77. The number of carbonyl (C=O) groups is 1. The Labute approximate surface area is 145 Å². The van der Waals surface area contributed by atoms with Gasteiger partial charge in [-0.15, -0.1) is 0 Å². The zero-order valence-corrected chi connectivity index (χ0v) is 15.6. The highest BCUT2D eigenvalue weighted by Crippen LogP contribution is 2.17. The van der Waals surface area contributed by atoms with Crippen molar-refractivity contribution in [1.82, 2.24) is 14.9 Å². The van der Waals surface area contributed by atoms with Crippen LogP contribution in [0.4, 0.5) is 10.6 Å². The molecule has 6 heteroatoms. The molecule has 0 aromatic carbocycles. The van der Waals surface area contributed by atoms with E-state index >= 15 is 0 Å². The SMILES string of the molecule is CC(C)Cc1cc(N2CCCN(C(=O)OC(C)(C)C)CC2)ncn1. The van der Waals surface area contributed by atoms with Crippen molar-refractivity contribution in [1.29, 1.82) is 0 Å². The summed E-state index contributed by atoms with van der Waals surface area (Å²) in [6.07, 6.45) is 3.27. The highest BCUT2D eigenvalue weighted by atomic mass is 16.6. The minimum absolute atomic E-state index is 0.229. The van der Waals surface area contributed by atoms with Crippen LogP contribution in [0.25, 0.3) is 0 Å². The van der Waals surface area contributed by atoms with Gasteiger partial charge in [0.2, 0.25) is 0 Å². The molecule has 0 spiro atoms. The van der Waals surface area contributed by atoms with Crippen LogP contribution in [0, 0.1) is 5.92 Å². The number of hydrogen-bond donors (Lipinski definition) is 0. The molecule has 2 heterocycles. The maximum absolute atomic E-state index is 12.2. The van der Waals surface area contributed by atoms with Crippen molar-refractivity contribution in [3.63, 3.8) is 0 Å². The summed E-state index contributed by atoms with van der Waals surface area (Å²) in [5.41, 5.74) is 0.616. The average Bonchev–Trinajstić information content (AvgIpc) is 2.71. The van der Waals surface area contributed by atoms with Gasteiger partial charge >= 0.3 is 6.09 Å². The predicted octanol–water partition coefficient (Wildman–Crippen LogP) is 3.12. The van der Waals surface area contributed by atoms with Crippen molar-refractivity contribution >= 4 is 11.9 Å². The molecule has 1 saturated heterocycles. The van der Waals surface area contributed by atoms with Crippen LogP contribution >= 0.6 is 0 Å². The molecule has 6 nitrogen and oxygen atoms in total. The van der Waals surface area contributed by atoms with E-state index < -0.39 is 5.60 Å². The van der Waals surface area contributed by atoms with Crippen molar-refractivity contribution in [2.24, 2.45) is 5.92 Å². The van der Waals surface area contributed by atoms with E-state index in [0.29, 0.717) is 12.5 Å². The summed E-state index contributed by atoms with van der Waals surface area (Å²) < 4.78 is 5.48. The van der Waals surface area contributed by atoms with Crippen molar-refractivity contribution in [2.75, 3.05) is 31.1 Å². The molecule has 0 unspecified atom stereocenters. The number of hydrogen-bond acceptors (Lipinski definition) is 5. The molecule has 1 aliphatic heterocycles. The Hall–Kier alpha value is -1.85. The van der Waals surface area contributed by atoms with Crippen LogP contribution in [0.15, 0.2) is 12.4 Å². The molecule has 134 valence electrons. The number of amides is 1. The molecule has 1 amide bonds. The zero-order valence-electron chi connectivity index (χ0n) is 15.6. The molecule has 1 fully saturated rings. The van der Waals surface area contributed by atoms with E-state index in [0.717, 1.165) is 44.0 Å². The smallest absolute Gasteiger partial charge is 0.410 e. The van der Waals surface area contributed by atoms with Crippen molar-refractivity contribution in [2.45, 2.75) is 53.1 Å². The standard InChI is InChI=1S/C18H30N4O2/c1-14(2)11-15-12-16(20-13-19-15)21-7-6-8-22(10-9-21)17(23)24-18(3,4)5/h12-14H,6-11H2,1-5H3. The summed E-state index contributed by atoms with van der Waals surface area (Å²) in [6, 6.07) is 2.07. The summed E-state index contributed by atoms with van der Waals surface area (Å²) in [7, 11) is 0. The average molecular weight is 334 g/mol. The van der Waals surface area contributed by atoms with Gasteiger partial charge in [0.15, 0.2) is 0 Å². The predicted molar refractivity (Wildman–Crippen MR) is 95.2 cm³/mol. The maximum Gasteiger partial charge on any atom is 0.410 e. The molecule has 1 aliphatic rings. The van der Waals surface area contributed by atoms with Crippen LogP contribution in [-0.2, 0) is 11.2 Å². The first kappa shape index (κ1) is 18.5. The van der Waals surface area contributed by atoms with Gasteiger partial charge < -0.3 is 14.5 Å². The van der Waals surface area contributed by atoms with E-state index in [1.165, 1.54) is 0 Å². The van der Waals surface area contributed by atoms with Crippen molar-refractivity contribution in [3.05, 3.63) is 18.1 Å². The van der Waals surface area contributed by atoms with Gasteiger partial charge in [-0.3, -0.25) is 0 Å². The number of ether oxygens (including phenoxy) is 1. The molecule has 0 aliphatic carbocycles. The summed E-state index contributed by atoms with van der Waals surface area (Å²) in [5, 5.41) is 0. The molecular weight excluding hydrogens is 304 g/mol. The van der Waals surface area contributed by atoms with Crippen molar-refractivity contribution < 1.29 is 9.53 Å². The highest BCUT2D eigenvalue weighted by molar-refractivity contribution is 5.68. The topological polar surface area (TPSA) is 58.6 Å². The van der Waals surface area contributed by atoms with Gasteiger partial charge in [0.05, 0.1) is 0 Å². The summed E-state index contributed by atoms with van der Waals surface area (Å²) in [6.45, 7) is 13.1. The summed E-state index contributed by atoms with van der Waals surface area (Å²) >= 11 is 0. The first-order valence-electron chi connectivity index (χ1n) is 8.78. The monoisotopic (exact) mass is 334 g/mol. The molecule has 24 heavy (non-hydrogen) atoms. The Morgan fingerprint density at radius 2 is 1.96 bits per heavy atom. The molecule has 0 saturated carbocycles. The minimum atomic E-state index is -0.457. The number of nitrogens with zero attached hydrogens (tertiary/aromatic N) is 4. The number of carbonyl (C=O) groups excluding carboxylic acids is 1. The quantitative estimate of drug-likeness (QED) is 0.850. The van der Waals surface area contributed by atoms with E-state index in [4.69, 9.17) is 4.74 Å². The fourth-order valence-corrected chi connectivity index (χ4v) is 2.74. The van der Waals surface area contributed by atoms with E-state index in [2.05, 4.69) is 34.8 Å². The van der Waals surface area contributed by atoms with Gasteiger partial charge in [-0.2, -0.15) is 0 Å². The Morgan fingerprint density at radius 3 is 2.62 bits per heavy atom. The molecular formula is C18H30N4O2.